The lowest BCUT2D eigenvalue weighted by Gasteiger charge is -2.41. The van der Waals surface area contributed by atoms with E-state index >= 15 is 0 Å². The van der Waals surface area contributed by atoms with Gasteiger partial charge in [-0.15, -0.1) is 0 Å². The number of nitrogens with zero attached hydrogens (tertiary/aromatic N) is 3. The molecule has 33 heavy (non-hydrogen) atoms. The second-order valence-electron chi connectivity index (χ2n) is 8.56. The standard InChI is InChI=1S/C22H27N5O5S/c1-15(2)24-22(28)16-7-8-20(21(13-16)27(29)30)25-11-9-18(10-12-25)26-19-6-4-3-5-17(19)14-23-33(26,31)32/h3-8,13,15,18,23H,9-12,14H2,1-2H3,(H,24,28). The van der Waals surface area contributed by atoms with Crippen LogP contribution < -0.4 is 19.2 Å². The lowest BCUT2D eigenvalue weighted by molar-refractivity contribution is -0.384. The first kappa shape index (κ1) is 23.0. The molecule has 1 amide bonds. The Hall–Kier alpha value is -3.18. The van der Waals surface area contributed by atoms with Crippen LogP contribution in [0.4, 0.5) is 17.1 Å². The van der Waals surface area contributed by atoms with E-state index in [1.165, 1.54) is 10.4 Å². The molecule has 10 nitrogen and oxygen atoms in total. The van der Waals surface area contributed by atoms with Crippen LogP contribution >= 0.6 is 0 Å². The van der Waals surface area contributed by atoms with Gasteiger partial charge in [-0.05, 0) is 50.5 Å². The molecule has 176 valence electrons. The van der Waals surface area contributed by atoms with Gasteiger partial charge in [-0.2, -0.15) is 13.1 Å². The summed E-state index contributed by atoms with van der Waals surface area (Å²) in [5.41, 5.74) is 2.13. The summed E-state index contributed by atoms with van der Waals surface area (Å²) >= 11 is 0. The predicted molar refractivity (Wildman–Crippen MR) is 126 cm³/mol. The SMILES string of the molecule is CC(C)NC(=O)c1ccc(N2CCC(N3c4ccccc4CNS3(=O)=O)CC2)c([N+](=O)[O-])c1. The van der Waals surface area contributed by atoms with Crippen molar-refractivity contribution in [2.75, 3.05) is 22.3 Å². The van der Waals surface area contributed by atoms with Crippen LogP contribution in [0.2, 0.25) is 0 Å². The van der Waals surface area contributed by atoms with Crippen molar-refractivity contribution >= 4 is 33.2 Å². The number of anilines is 2. The molecule has 0 spiro atoms. The van der Waals surface area contributed by atoms with Crippen LogP contribution in [0.5, 0.6) is 0 Å². The van der Waals surface area contributed by atoms with Crippen LogP contribution in [0.15, 0.2) is 42.5 Å². The largest absolute Gasteiger partial charge is 0.366 e. The molecule has 2 aromatic carbocycles. The number of piperidine rings is 1. The number of hydrogen-bond acceptors (Lipinski definition) is 6. The average Bonchev–Trinajstić information content (AvgIpc) is 2.78. The molecular formula is C22H27N5O5S. The lowest BCUT2D eigenvalue weighted by Crippen LogP contribution is -2.53. The van der Waals surface area contributed by atoms with Crippen LogP contribution in [0, 0.1) is 10.1 Å². The first-order valence-corrected chi connectivity index (χ1v) is 12.3. The summed E-state index contributed by atoms with van der Waals surface area (Å²) in [4.78, 5) is 25.4. The van der Waals surface area contributed by atoms with Crippen molar-refractivity contribution in [3.05, 3.63) is 63.7 Å². The smallest absolute Gasteiger partial charge is 0.302 e. The van der Waals surface area contributed by atoms with Gasteiger partial charge in [0.1, 0.15) is 5.69 Å². The Morgan fingerprint density at radius 2 is 1.85 bits per heavy atom. The third-order valence-electron chi connectivity index (χ3n) is 5.92. The van der Waals surface area contributed by atoms with E-state index in [-0.39, 0.29) is 35.8 Å². The predicted octanol–water partition coefficient (Wildman–Crippen LogP) is 2.56. The second kappa shape index (κ2) is 8.99. The van der Waals surface area contributed by atoms with Gasteiger partial charge in [0, 0.05) is 43.3 Å². The van der Waals surface area contributed by atoms with E-state index in [0.29, 0.717) is 37.3 Å². The Morgan fingerprint density at radius 1 is 1.15 bits per heavy atom. The van der Waals surface area contributed by atoms with Gasteiger partial charge in [0.25, 0.3) is 11.6 Å². The number of benzene rings is 2. The Bertz CT molecular complexity index is 1180. The number of nitrogens with one attached hydrogen (secondary N) is 2. The molecule has 0 unspecified atom stereocenters. The second-order valence-corrected chi connectivity index (χ2v) is 10.2. The van der Waals surface area contributed by atoms with E-state index in [2.05, 4.69) is 10.0 Å². The average molecular weight is 474 g/mol. The molecular weight excluding hydrogens is 446 g/mol. The normalized spacial score (nSPS) is 18.2. The van der Waals surface area contributed by atoms with Gasteiger partial charge < -0.3 is 10.2 Å². The quantitative estimate of drug-likeness (QED) is 0.508. The molecule has 0 saturated carbocycles. The van der Waals surface area contributed by atoms with Gasteiger partial charge in [-0.25, -0.2) is 0 Å². The van der Waals surface area contributed by atoms with Crippen molar-refractivity contribution in [2.24, 2.45) is 0 Å². The number of nitro groups is 1. The van der Waals surface area contributed by atoms with Gasteiger partial charge in [-0.1, -0.05) is 18.2 Å². The molecule has 1 saturated heterocycles. The number of amides is 1. The molecule has 0 atom stereocenters. The number of rotatable bonds is 5. The van der Waals surface area contributed by atoms with Gasteiger partial charge in [0.05, 0.1) is 10.6 Å². The minimum Gasteiger partial charge on any atom is -0.366 e. The topological polar surface area (TPSA) is 125 Å². The van der Waals surface area contributed by atoms with Gasteiger partial charge >= 0.3 is 10.2 Å². The summed E-state index contributed by atoms with van der Waals surface area (Å²) in [5.74, 6) is -0.361. The number of nitro benzene ring substituents is 1. The zero-order valence-corrected chi connectivity index (χ0v) is 19.3. The fourth-order valence-electron chi connectivity index (χ4n) is 4.40. The number of carbonyl (C=O) groups excluding carboxylic acids is 1. The fourth-order valence-corrected chi connectivity index (χ4v) is 5.92. The third kappa shape index (κ3) is 4.64. The Morgan fingerprint density at radius 3 is 2.52 bits per heavy atom. The molecule has 0 aromatic heterocycles. The van der Waals surface area contributed by atoms with Gasteiger partial charge in [0.15, 0.2) is 0 Å². The van der Waals surface area contributed by atoms with Crippen LogP contribution in [-0.2, 0) is 16.8 Å². The van der Waals surface area contributed by atoms with E-state index in [1.54, 1.807) is 12.1 Å². The van der Waals surface area contributed by atoms with E-state index in [9.17, 15) is 23.3 Å². The molecule has 2 aliphatic heterocycles. The number of fused-ring (bicyclic) bond motifs is 1. The van der Waals surface area contributed by atoms with Crippen LogP contribution in [0.1, 0.15) is 42.6 Å². The van der Waals surface area contributed by atoms with Crippen molar-refractivity contribution in [2.45, 2.75) is 45.3 Å². The highest BCUT2D eigenvalue weighted by molar-refractivity contribution is 7.91. The maximum atomic E-state index is 12.8. The van der Waals surface area contributed by atoms with Crippen LogP contribution in [-0.4, -0.2) is 44.4 Å². The summed E-state index contributed by atoms with van der Waals surface area (Å²) < 4.78 is 29.7. The third-order valence-corrected chi connectivity index (χ3v) is 7.45. The number of para-hydroxylation sites is 1. The zero-order valence-electron chi connectivity index (χ0n) is 18.5. The monoisotopic (exact) mass is 473 g/mol. The maximum Gasteiger partial charge on any atom is 0.302 e. The maximum absolute atomic E-state index is 12.8. The Labute approximate surface area is 192 Å². The van der Waals surface area contributed by atoms with Crippen LogP contribution in [0.25, 0.3) is 0 Å². The van der Waals surface area contributed by atoms with Crippen molar-refractivity contribution < 1.29 is 18.1 Å². The molecule has 2 aromatic rings. The van der Waals surface area contributed by atoms with E-state index < -0.39 is 15.1 Å². The summed E-state index contributed by atoms with van der Waals surface area (Å²) in [6, 6.07) is 11.6. The molecule has 4 rings (SSSR count). The van der Waals surface area contributed by atoms with E-state index in [0.717, 1.165) is 5.56 Å². The van der Waals surface area contributed by atoms with Crippen LogP contribution in [0.3, 0.4) is 0 Å². The Balaban J connectivity index is 1.55. The number of hydrogen-bond donors (Lipinski definition) is 2. The zero-order chi connectivity index (χ0) is 23.8. The molecule has 0 aliphatic carbocycles. The van der Waals surface area contributed by atoms with E-state index in [1.807, 2.05) is 43.0 Å². The minimum atomic E-state index is -3.65. The van der Waals surface area contributed by atoms with E-state index in [4.69, 9.17) is 0 Å². The summed E-state index contributed by atoms with van der Waals surface area (Å²) in [7, 11) is -3.65. The molecule has 1 fully saturated rings. The molecule has 11 heteroatoms. The number of carbonyl (C=O) groups is 1. The highest BCUT2D eigenvalue weighted by Crippen LogP contribution is 2.35. The summed E-state index contributed by atoms with van der Waals surface area (Å²) in [6.45, 7) is 4.81. The molecule has 2 N–H and O–H groups in total. The fraction of sp³-hybridized carbons (Fsp3) is 0.409. The summed E-state index contributed by atoms with van der Waals surface area (Å²) in [6.07, 6.45) is 1.03. The van der Waals surface area contributed by atoms with Crippen molar-refractivity contribution in [3.63, 3.8) is 0 Å². The first-order chi connectivity index (χ1) is 15.7. The molecule has 2 aliphatic rings. The van der Waals surface area contributed by atoms with Gasteiger partial charge in [0.2, 0.25) is 0 Å². The lowest BCUT2D eigenvalue weighted by atomic mass is 10.0. The van der Waals surface area contributed by atoms with Crippen molar-refractivity contribution in [1.82, 2.24) is 10.0 Å². The van der Waals surface area contributed by atoms with Gasteiger partial charge in [-0.3, -0.25) is 19.2 Å². The van der Waals surface area contributed by atoms with Crippen molar-refractivity contribution in [1.29, 1.82) is 0 Å². The summed E-state index contributed by atoms with van der Waals surface area (Å²) in [5, 5.41) is 14.5. The minimum absolute atomic E-state index is 0.0825. The van der Waals surface area contributed by atoms with Crippen molar-refractivity contribution in [3.8, 4) is 0 Å². The first-order valence-electron chi connectivity index (χ1n) is 10.9. The molecule has 0 bridgehead atoms. The molecule has 0 radical (unpaired) electrons. The Kier molecular flexibility index (Phi) is 6.26. The molecule has 2 heterocycles. The highest BCUT2D eigenvalue weighted by Gasteiger charge is 2.37. The highest BCUT2D eigenvalue weighted by atomic mass is 32.2.